The molecule has 174 valence electrons. The molecule has 1 N–H and O–H groups in total. The van der Waals surface area contributed by atoms with E-state index in [1.54, 1.807) is 36.4 Å². The van der Waals surface area contributed by atoms with Crippen molar-refractivity contribution in [1.29, 1.82) is 0 Å². The lowest BCUT2D eigenvalue weighted by molar-refractivity contribution is -0.113. The maximum Gasteiger partial charge on any atom is 0.333 e. The highest BCUT2D eigenvalue weighted by Crippen LogP contribution is 2.38. The summed E-state index contributed by atoms with van der Waals surface area (Å²) in [6.07, 6.45) is 1.60. The molecule has 34 heavy (non-hydrogen) atoms. The largest absolute Gasteiger partial charge is 0.490 e. The molecule has 3 aromatic rings. The van der Waals surface area contributed by atoms with Gasteiger partial charge in [0.2, 0.25) is 0 Å². The fraction of sp³-hybridized carbons (Fsp3) is 0.154. The van der Waals surface area contributed by atoms with Crippen molar-refractivity contribution in [2.75, 3.05) is 11.5 Å². The van der Waals surface area contributed by atoms with Gasteiger partial charge < -0.3 is 14.8 Å². The van der Waals surface area contributed by atoms with Crippen LogP contribution in [-0.4, -0.2) is 18.5 Å². The fourth-order valence-electron chi connectivity index (χ4n) is 3.56. The number of anilines is 1. The van der Waals surface area contributed by atoms with Crippen molar-refractivity contribution < 1.29 is 19.1 Å². The number of amides is 3. The molecule has 4 rings (SSSR count). The number of ether oxygens (including phenoxy) is 2. The monoisotopic (exact) mass is 540 g/mol. The topological polar surface area (TPSA) is 67.9 Å². The number of urea groups is 1. The average Bonchev–Trinajstić information content (AvgIpc) is 3.07. The van der Waals surface area contributed by atoms with E-state index in [0.29, 0.717) is 45.5 Å². The first-order valence-corrected chi connectivity index (χ1v) is 11.8. The highest BCUT2D eigenvalue weighted by molar-refractivity contribution is 9.10. The summed E-state index contributed by atoms with van der Waals surface area (Å²) in [7, 11) is 0. The average molecular weight is 542 g/mol. The van der Waals surface area contributed by atoms with Gasteiger partial charge in [-0.3, -0.25) is 4.79 Å². The van der Waals surface area contributed by atoms with Crippen molar-refractivity contribution in [3.8, 4) is 11.5 Å². The zero-order chi connectivity index (χ0) is 24.2. The highest BCUT2D eigenvalue weighted by Gasteiger charge is 2.34. The smallest absolute Gasteiger partial charge is 0.333 e. The number of carbonyl (C=O) groups excluding carboxylic acids is 2. The summed E-state index contributed by atoms with van der Waals surface area (Å²) in [6.45, 7) is 4.73. The SMILES string of the molecule is CCOc1cc(/C=C2/NC(=O)N(c3ccc(Cl)cc3)C2=O)cc(Br)c1OCc1cccc(C)c1. The van der Waals surface area contributed by atoms with Crippen molar-refractivity contribution in [2.45, 2.75) is 20.5 Å². The normalized spacial score (nSPS) is 14.5. The van der Waals surface area contributed by atoms with E-state index in [1.807, 2.05) is 38.1 Å². The van der Waals surface area contributed by atoms with Crippen LogP contribution in [0.4, 0.5) is 10.5 Å². The molecule has 0 radical (unpaired) electrons. The van der Waals surface area contributed by atoms with Gasteiger partial charge in [0.1, 0.15) is 12.3 Å². The Bertz CT molecular complexity index is 1270. The number of imide groups is 1. The van der Waals surface area contributed by atoms with Crippen molar-refractivity contribution >= 4 is 51.2 Å². The zero-order valence-electron chi connectivity index (χ0n) is 18.6. The number of aryl methyl sites for hydroxylation is 1. The van der Waals surface area contributed by atoms with E-state index in [9.17, 15) is 9.59 Å². The van der Waals surface area contributed by atoms with Gasteiger partial charge in [-0.1, -0.05) is 41.4 Å². The molecule has 0 atom stereocenters. The standard InChI is InChI=1S/C26H22BrClN2O4/c1-3-33-23-14-18(12-21(27)24(23)34-15-17-6-4-5-16(2)11-17)13-22-25(31)30(26(32)29-22)20-9-7-19(28)8-10-20/h4-14H,3,15H2,1-2H3,(H,29,32)/b22-13+. The molecule has 1 heterocycles. The molecule has 0 unspecified atom stereocenters. The third-order valence-electron chi connectivity index (χ3n) is 5.07. The predicted molar refractivity (Wildman–Crippen MR) is 136 cm³/mol. The molecule has 0 aliphatic carbocycles. The minimum atomic E-state index is -0.527. The lowest BCUT2D eigenvalue weighted by atomic mass is 10.1. The Morgan fingerprint density at radius 3 is 2.53 bits per heavy atom. The lowest BCUT2D eigenvalue weighted by Gasteiger charge is -2.15. The molecule has 1 aliphatic heterocycles. The van der Waals surface area contributed by atoms with Gasteiger partial charge >= 0.3 is 6.03 Å². The molecule has 3 aromatic carbocycles. The first kappa shape index (κ1) is 23.9. The summed E-state index contributed by atoms with van der Waals surface area (Å²) in [5.41, 5.74) is 3.46. The van der Waals surface area contributed by atoms with Crippen molar-refractivity contribution in [3.63, 3.8) is 0 Å². The van der Waals surface area contributed by atoms with Crippen LogP contribution < -0.4 is 19.7 Å². The maximum absolute atomic E-state index is 12.9. The van der Waals surface area contributed by atoms with Gasteiger partial charge in [-0.2, -0.15) is 0 Å². The Kier molecular flexibility index (Phi) is 7.24. The molecule has 0 bridgehead atoms. The Morgan fingerprint density at radius 2 is 1.82 bits per heavy atom. The van der Waals surface area contributed by atoms with Crippen LogP contribution in [-0.2, 0) is 11.4 Å². The van der Waals surface area contributed by atoms with Crippen LogP contribution in [0.1, 0.15) is 23.6 Å². The van der Waals surface area contributed by atoms with Crippen LogP contribution in [0.2, 0.25) is 5.02 Å². The van der Waals surface area contributed by atoms with E-state index < -0.39 is 11.9 Å². The van der Waals surface area contributed by atoms with Gasteiger partial charge in [-0.05, 0) is 83.4 Å². The third-order valence-corrected chi connectivity index (χ3v) is 5.91. The molecule has 3 amide bonds. The van der Waals surface area contributed by atoms with E-state index >= 15 is 0 Å². The number of rotatable bonds is 7. The molecule has 0 saturated carbocycles. The van der Waals surface area contributed by atoms with E-state index in [2.05, 4.69) is 27.3 Å². The minimum Gasteiger partial charge on any atom is -0.490 e. The van der Waals surface area contributed by atoms with Gasteiger partial charge in [0.15, 0.2) is 11.5 Å². The van der Waals surface area contributed by atoms with Crippen LogP contribution in [0.15, 0.2) is 70.8 Å². The van der Waals surface area contributed by atoms with Crippen molar-refractivity contribution in [1.82, 2.24) is 5.32 Å². The Hall–Kier alpha value is -3.29. The van der Waals surface area contributed by atoms with Crippen LogP contribution in [0, 0.1) is 6.92 Å². The van der Waals surface area contributed by atoms with Gasteiger partial charge in [-0.15, -0.1) is 0 Å². The molecular formula is C26H22BrClN2O4. The summed E-state index contributed by atoms with van der Waals surface area (Å²) < 4.78 is 12.5. The molecule has 0 aromatic heterocycles. The van der Waals surface area contributed by atoms with E-state index in [-0.39, 0.29) is 5.70 Å². The van der Waals surface area contributed by atoms with Crippen molar-refractivity contribution in [2.24, 2.45) is 0 Å². The number of carbonyl (C=O) groups is 2. The number of hydrogen-bond acceptors (Lipinski definition) is 4. The van der Waals surface area contributed by atoms with Gasteiger partial charge in [0.05, 0.1) is 16.8 Å². The molecule has 1 saturated heterocycles. The first-order valence-electron chi connectivity index (χ1n) is 10.6. The van der Waals surface area contributed by atoms with Gasteiger partial charge in [-0.25, -0.2) is 9.69 Å². The summed E-state index contributed by atoms with van der Waals surface area (Å²) in [5.74, 6) is 0.638. The van der Waals surface area contributed by atoms with E-state index in [4.69, 9.17) is 21.1 Å². The summed E-state index contributed by atoms with van der Waals surface area (Å²) >= 11 is 9.48. The first-order chi connectivity index (χ1) is 16.4. The fourth-order valence-corrected chi connectivity index (χ4v) is 4.26. The molecule has 8 heteroatoms. The van der Waals surface area contributed by atoms with Crippen LogP contribution in [0.3, 0.4) is 0 Å². The molecule has 0 spiro atoms. The van der Waals surface area contributed by atoms with E-state index in [1.165, 1.54) is 0 Å². The van der Waals surface area contributed by atoms with Crippen LogP contribution in [0.25, 0.3) is 6.08 Å². The summed E-state index contributed by atoms with van der Waals surface area (Å²) in [5, 5.41) is 3.15. The number of nitrogens with zero attached hydrogens (tertiary/aromatic N) is 1. The number of benzene rings is 3. The third kappa shape index (κ3) is 5.26. The van der Waals surface area contributed by atoms with Crippen molar-refractivity contribution in [3.05, 3.63) is 92.5 Å². The predicted octanol–water partition coefficient (Wildman–Crippen LogP) is 6.49. The second-order valence-electron chi connectivity index (χ2n) is 7.65. The Balaban J connectivity index is 1.60. The molecule has 1 aliphatic rings. The van der Waals surface area contributed by atoms with Crippen LogP contribution in [0.5, 0.6) is 11.5 Å². The van der Waals surface area contributed by atoms with Crippen LogP contribution >= 0.6 is 27.5 Å². The number of nitrogens with one attached hydrogen (secondary N) is 1. The number of hydrogen-bond donors (Lipinski definition) is 1. The second-order valence-corrected chi connectivity index (χ2v) is 8.94. The number of halogens is 2. The molecule has 1 fully saturated rings. The van der Waals surface area contributed by atoms with Gasteiger partial charge in [0.25, 0.3) is 5.91 Å². The Labute approximate surface area is 211 Å². The minimum absolute atomic E-state index is 0.155. The van der Waals surface area contributed by atoms with Gasteiger partial charge in [0, 0.05) is 5.02 Å². The highest BCUT2D eigenvalue weighted by atomic mass is 79.9. The molecule has 6 nitrogen and oxygen atoms in total. The Morgan fingerprint density at radius 1 is 1.06 bits per heavy atom. The van der Waals surface area contributed by atoms with E-state index in [0.717, 1.165) is 16.0 Å². The second kappa shape index (κ2) is 10.3. The lowest BCUT2D eigenvalue weighted by Crippen LogP contribution is -2.30. The quantitative estimate of drug-likeness (QED) is 0.274. The molecular weight excluding hydrogens is 520 g/mol. The zero-order valence-corrected chi connectivity index (χ0v) is 20.9. The summed E-state index contributed by atoms with van der Waals surface area (Å²) in [4.78, 5) is 26.5. The summed E-state index contributed by atoms with van der Waals surface area (Å²) in [6, 6.07) is 17.6. The maximum atomic E-state index is 12.9.